The van der Waals surface area contributed by atoms with Gasteiger partial charge in [0.25, 0.3) is 0 Å². The second-order valence-electron chi connectivity index (χ2n) is 3.74. The summed E-state index contributed by atoms with van der Waals surface area (Å²) >= 11 is 0. The molecule has 1 heteroatoms. The van der Waals surface area contributed by atoms with Crippen molar-refractivity contribution in [3.63, 3.8) is 0 Å². The minimum absolute atomic E-state index is 0.404. The summed E-state index contributed by atoms with van der Waals surface area (Å²) in [5.74, 6) is 0. The number of allylic oxidation sites excluding steroid dienone is 1. The Balaban J connectivity index is 2.44. The van der Waals surface area contributed by atoms with Crippen molar-refractivity contribution in [2.45, 2.75) is 16.7 Å². The lowest BCUT2D eigenvalue weighted by Crippen LogP contribution is -1.85. The minimum atomic E-state index is -0.404. The molecule has 0 fully saturated rings. The van der Waals surface area contributed by atoms with Gasteiger partial charge in [0.05, 0.1) is 0 Å². The van der Waals surface area contributed by atoms with Crippen molar-refractivity contribution in [3.8, 4) is 0 Å². The van der Waals surface area contributed by atoms with Crippen LogP contribution < -0.4 is 0 Å². The van der Waals surface area contributed by atoms with Gasteiger partial charge in [-0.2, -0.15) is 10.9 Å². The number of hydrogen-bond donors (Lipinski definition) is 1. The van der Waals surface area contributed by atoms with E-state index >= 15 is 0 Å². The van der Waals surface area contributed by atoms with Gasteiger partial charge in [0.1, 0.15) is 0 Å². The fourth-order valence-electron chi connectivity index (χ4n) is 1.74. The van der Waals surface area contributed by atoms with Crippen LogP contribution in [-0.2, 0) is 0 Å². The molecule has 2 aromatic rings. The fraction of sp³-hybridized carbons (Fsp3) is 0.0667. The quantitative estimate of drug-likeness (QED) is 0.727. The van der Waals surface area contributed by atoms with Crippen LogP contribution in [0.3, 0.4) is 0 Å². The molecule has 0 saturated heterocycles. The Labute approximate surface area is 100.0 Å². The molecule has 0 radical (unpaired) electrons. The Bertz CT molecular complexity index is 420. The van der Waals surface area contributed by atoms with Crippen molar-refractivity contribution in [2.75, 3.05) is 0 Å². The Morgan fingerprint density at radius 2 is 1.19 bits per heavy atom. The van der Waals surface area contributed by atoms with Crippen LogP contribution >= 0.6 is 10.9 Å². The molecule has 2 rings (SSSR count). The summed E-state index contributed by atoms with van der Waals surface area (Å²) in [5, 5.41) is 0. The van der Waals surface area contributed by atoms with Crippen molar-refractivity contribution in [1.82, 2.24) is 0 Å². The zero-order chi connectivity index (χ0) is 11.4. The summed E-state index contributed by atoms with van der Waals surface area (Å²) in [4.78, 5) is 3.99. The third-order valence-electron chi connectivity index (χ3n) is 2.41. The van der Waals surface area contributed by atoms with Gasteiger partial charge < -0.3 is 0 Å². The maximum atomic E-state index is 4.14. The number of rotatable bonds is 3. The molecule has 0 saturated carbocycles. The van der Waals surface area contributed by atoms with Crippen LogP contribution in [-0.4, -0.2) is 0 Å². The molecule has 0 aliphatic carbocycles. The molecule has 16 heavy (non-hydrogen) atoms. The first-order valence-corrected chi connectivity index (χ1v) is 6.69. The smallest absolute Gasteiger partial charge is 0.00482 e. The average molecular weight is 228 g/mol. The molecular weight excluding hydrogens is 212 g/mol. The molecule has 0 aliphatic rings. The summed E-state index contributed by atoms with van der Waals surface area (Å²) in [5.41, 5.74) is 0. The van der Waals surface area contributed by atoms with E-state index < -0.39 is 10.9 Å². The molecule has 0 unspecified atom stereocenters. The topological polar surface area (TPSA) is 0 Å². The third kappa shape index (κ3) is 2.37. The van der Waals surface area contributed by atoms with E-state index in [9.17, 15) is 0 Å². The van der Waals surface area contributed by atoms with E-state index in [1.54, 1.807) is 0 Å². The lowest BCUT2D eigenvalue weighted by molar-refractivity contribution is 1.38. The van der Waals surface area contributed by atoms with E-state index in [-0.39, 0.29) is 0 Å². The molecule has 0 heterocycles. The van der Waals surface area contributed by atoms with Gasteiger partial charge in [-0.15, -0.1) is 0 Å². The number of benzene rings is 2. The van der Waals surface area contributed by atoms with Crippen LogP contribution in [0, 0.1) is 0 Å². The zero-order valence-electron chi connectivity index (χ0n) is 9.43. The van der Waals surface area contributed by atoms with Crippen LogP contribution in [0.15, 0.2) is 81.9 Å². The summed E-state index contributed by atoms with van der Waals surface area (Å²) in [6, 6.07) is 21.2. The van der Waals surface area contributed by atoms with E-state index in [0.29, 0.717) is 0 Å². The van der Waals surface area contributed by atoms with Gasteiger partial charge in [0, 0.05) is 0 Å². The maximum Gasteiger partial charge on any atom is -0.00482 e. The molecule has 0 aliphatic heterocycles. The molecule has 0 spiro atoms. The van der Waals surface area contributed by atoms with Crippen molar-refractivity contribution in [3.05, 3.63) is 72.1 Å². The highest BCUT2D eigenvalue weighted by molar-refractivity contribution is 8.20. The van der Waals surface area contributed by atoms with Crippen LogP contribution in [0.2, 0.25) is 0 Å². The Hall–Kier alpha value is -1.47. The van der Waals surface area contributed by atoms with E-state index in [1.165, 1.54) is 14.7 Å². The highest BCUT2D eigenvalue weighted by Crippen LogP contribution is 2.49. The predicted octanol–water partition coefficient (Wildman–Crippen LogP) is 4.64. The minimum Gasteiger partial charge on any atom is -0.177 e. The summed E-state index contributed by atoms with van der Waals surface area (Å²) in [6.07, 6.45) is 0. The highest BCUT2D eigenvalue weighted by Gasteiger charge is 2.09. The molecule has 82 valence electrons. The van der Waals surface area contributed by atoms with Crippen molar-refractivity contribution in [2.24, 2.45) is 0 Å². The highest BCUT2D eigenvalue weighted by atomic mass is 32.2. The monoisotopic (exact) mass is 228 g/mol. The van der Waals surface area contributed by atoms with Crippen molar-refractivity contribution >= 4 is 10.9 Å². The maximum absolute atomic E-state index is 4.14. The molecule has 0 amide bonds. The van der Waals surface area contributed by atoms with Crippen molar-refractivity contribution in [1.29, 1.82) is 0 Å². The van der Waals surface area contributed by atoms with E-state index in [1.807, 2.05) is 0 Å². The van der Waals surface area contributed by atoms with E-state index in [4.69, 9.17) is 0 Å². The molecule has 0 N–H and O–H groups in total. The first-order chi connectivity index (χ1) is 7.79. The van der Waals surface area contributed by atoms with Gasteiger partial charge in [0.15, 0.2) is 0 Å². The normalized spacial score (nSPS) is 10.9. The summed E-state index contributed by atoms with van der Waals surface area (Å²) in [7, 11) is -0.404. The summed E-state index contributed by atoms with van der Waals surface area (Å²) < 4.78 is 0. The SMILES string of the molecule is C=C(C)[SH](c1ccccc1)c1ccccc1. The van der Waals surface area contributed by atoms with Crippen LogP contribution in [0.1, 0.15) is 6.92 Å². The van der Waals surface area contributed by atoms with Gasteiger partial charge in [-0.1, -0.05) is 43.0 Å². The van der Waals surface area contributed by atoms with E-state index in [0.717, 1.165) is 0 Å². The fourth-order valence-corrected chi connectivity index (χ4v) is 3.86. The largest absolute Gasteiger partial charge is 0.177 e. The van der Waals surface area contributed by atoms with Gasteiger partial charge >= 0.3 is 0 Å². The van der Waals surface area contributed by atoms with Gasteiger partial charge in [-0.05, 0) is 45.9 Å². The molecule has 0 bridgehead atoms. The predicted molar refractivity (Wildman–Crippen MR) is 73.2 cm³/mol. The Kier molecular flexibility index (Phi) is 3.47. The third-order valence-corrected chi connectivity index (χ3v) is 4.80. The van der Waals surface area contributed by atoms with Crippen LogP contribution in [0.5, 0.6) is 0 Å². The van der Waals surface area contributed by atoms with Gasteiger partial charge in [0.2, 0.25) is 0 Å². The molecule has 2 aromatic carbocycles. The van der Waals surface area contributed by atoms with Crippen molar-refractivity contribution < 1.29 is 0 Å². The Morgan fingerprint density at radius 3 is 1.50 bits per heavy atom. The molecular formula is C15H16S. The Morgan fingerprint density at radius 1 is 0.812 bits per heavy atom. The molecule has 0 atom stereocenters. The second-order valence-corrected chi connectivity index (χ2v) is 6.21. The standard InChI is InChI=1S/C15H16S/c1-13(2)16(14-9-5-3-6-10-14)15-11-7-4-8-12-15/h3-12,16H,1H2,2H3. The lowest BCUT2D eigenvalue weighted by atomic mass is 10.4. The van der Waals surface area contributed by atoms with Gasteiger partial charge in [-0.25, -0.2) is 0 Å². The number of thiol groups is 1. The first-order valence-electron chi connectivity index (χ1n) is 5.35. The van der Waals surface area contributed by atoms with Gasteiger partial charge in [-0.3, -0.25) is 0 Å². The zero-order valence-corrected chi connectivity index (χ0v) is 10.3. The second kappa shape index (κ2) is 5.04. The first kappa shape index (κ1) is 11.0. The van der Waals surface area contributed by atoms with E-state index in [2.05, 4.69) is 74.2 Å². The average Bonchev–Trinajstić information content (AvgIpc) is 2.31. The lowest BCUT2D eigenvalue weighted by Gasteiger charge is -2.22. The van der Waals surface area contributed by atoms with Crippen LogP contribution in [0.4, 0.5) is 0 Å². The number of hydrogen-bond acceptors (Lipinski definition) is 0. The van der Waals surface area contributed by atoms with Crippen LogP contribution in [0.25, 0.3) is 0 Å². The molecule has 0 nitrogen and oxygen atoms in total. The molecule has 0 aromatic heterocycles. The summed E-state index contributed by atoms with van der Waals surface area (Å²) in [6.45, 7) is 6.25.